The lowest BCUT2D eigenvalue weighted by Gasteiger charge is -2.20. The molecule has 1 unspecified atom stereocenters. The van der Waals surface area contributed by atoms with E-state index in [-0.39, 0.29) is 0 Å². The fraction of sp³-hybridized carbons (Fsp3) is 0.778. The second-order valence-corrected chi connectivity index (χ2v) is 4.30. The third kappa shape index (κ3) is 1.97. The van der Waals surface area contributed by atoms with Gasteiger partial charge in [-0.25, -0.2) is 5.10 Å². The Kier molecular flexibility index (Phi) is 2.31. The maximum absolute atomic E-state index is 5.45. The molecule has 78 valence electrons. The van der Waals surface area contributed by atoms with Crippen LogP contribution in [0.2, 0.25) is 0 Å². The van der Waals surface area contributed by atoms with E-state index in [4.69, 9.17) is 5.73 Å². The van der Waals surface area contributed by atoms with Gasteiger partial charge in [0.05, 0.1) is 0 Å². The molecule has 0 amide bonds. The van der Waals surface area contributed by atoms with E-state index in [0.717, 1.165) is 5.92 Å². The quantitative estimate of drug-likeness (QED) is 0.675. The van der Waals surface area contributed by atoms with Crippen LogP contribution in [0, 0.1) is 11.8 Å². The molecular formula is C9H17N5. The third-order valence-electron chi connectivity index (χ3n) is 2.65. The number of hydrogen-bond donors (Lipinski definition) is 3. The topological polar surface area (TPSA) is 79.6 Å². The zero-order valence-electron chi connectivity index (χ0n) is 8.62. The van der Waals surface area contributed by atoms with Gasteiger partial charge in [0, 0.05) is 6.04 Å². The SMILES string of the molecule is CC(C)C(Nc1n[nH]c(N)n1)C1CC1. The lowest BCUT2D eigenvalue weighted by Crippen LogP contribution is -2.28. The average molecular weight is 195 g/mol. The summed E-state index contributed by atoms with van der Waals surface area (Å²) in [5.41, 5.74) is 5.45. The van der Waals surface area contributed by atoms with Crippen molar-refractivity contribution in [1.29, 1.82) is 0 Å². The van der Waals surface area contributed by atoms with Crippen LogP contribution in [0.15, 0.2) is 0 Å². The van der Waals surface area contributed by atoms with Crippen molar-refractivity contribution < 1.29 is 0 Å². The number of H-pyrrole nitrogens is 1. The van der Waals surface area contributed by atoms with Crippen molar-refractivity contribution in [2.75, 3.05) is 11.1 Å². The summed E-state index contributed by atoms with van der Waals surface area (Å²) in [7, 11) is 0. The Hall–Kier alpha value is -1.26. The first-order chi connectivity index (χ1) is 6.66. The van der Waals surface area contributed by atoms with Gasteiger partial charge in [0.25, 0.3) is 0 Å². The molecule has 14 heavy (non-hydrogen) atoms. The molecule has 0 spiro atoms. The first-order valence-electron chi connectivity index (χ1n) is 5.11. The molecule has 1 aromatic heterocycles. The zero-order valence-corrected chi connectivity index (χ0v) is 8.62. The smallest absolute Gasteiger partial charge is 0.243 e. The Labute approximate surface area is 83.5 Å². The molecule has 0 saturated heterocycles. The van der Waals surface area contributed by atoms with Crippen LogP contribution >= 0.6 is 0 Å². The van der Waals surface area contributed by atoms with Crippen LogP contribution in [-0.4, -0.2) is 21.2 Å². The molecule has 1 aromatic rings. The van der Waals surface area contributed by atoms with E-state index in [1.54, 1.807) is 0 Å². The minimum atomic E-state index is 0.366. The van der Waals surface area contributed by atoms with Gasteiger partial charge in [0.2, 0.25) is 11.9 Å². The Morgan fingerprint density at radius 3 is 2.64 bits per heavy atom. The number of nitrogens with one attached hydrogen (secondary N) is 2. The maximum Gasteiger partial charge on any atom is 0.243 e. The van der Waals surface area contributed by atoms with E-state index in [9.17, 15) is 0 Å². The van der Waals surface area contributed by atoms with Gasteiger partial charge in [-0.15, -0.1) is 5.10 Å². The second-order valence-electron chi connectivity index (χ2n) is 4.30. The van der Waals surface area contributed by atoms with E-state index in [2.05, 4.69) is 34.3 Å². The van der Waals surface area contributed by atoms with Crippen molar-refractivity contribution in [1.82, 2.24) is 15.2 Å². The van der Waals surface area contributed by atoms with Gasteiger partial charge < -0.3 is 11.1 Å². The van der Waals surface area contributed by atoms with Crippen molar-refractivity contribution >= 4 is 11.9 Å². The molecule has 5 nitrogen and oxygen atoms in total. The summed E-state index contributed by atoms with van der Waals surface area (Å²) in [6.07, 6.45) is 2.63. The number of anilines is 2. The lowest BCUT2D eigenvalue weighted by atomic mass is 10.00. The Bertz CT molecular complexity index is 300. The van der Waals surface area contributed by atoms with E-state index in [0.29, 0.717) is 23.9 Å². The summed E-state index contributed by atoms with van der Waals surface area (Å²) in [5.74, 6) is 2.37. The molecule has 1 saturated carbocycles. The van der Waals surface area contributed by atoms with Gasteiger partial charge in [0.15, 0.2) is 0 Å². The highest BCUT2D eigenvalue weighted by Crippen LogP contribution is 2.36. The van der Waals surface area contributed by atoms with Crippen LogP contribution in [0.3, 0.4) is 0 Å². The van der Waals surface area contributed by atoms with Crippen LogP contribution in [-0.2, 0) is 0 Å². The molecule has 0 bridgehead atoms. The number of nitrogens with zero attached hydrogens (tertiary/aromatic N) is 2. The largest absolute Gasteiger partial charge is 0.368 e. The van der Waals surface area contributed by atoms with Crippen LogP contribution in [0.5, 0.6) is 0 Å². The number of hydrogen-bond acceptors (Lipinski definition) is 4. The lowest BCUT2D eigenvalue weighted by molar-refractivity contribution is 0.474. The highest BCUT2D eigenvalue weighted by Gasteiger charge is 2.33. The van der Waals surface area contributed by atoms with Gasteiger partial charge in [-0.1, -0.05) is 13.8 Å². The molecule has 1 atom stereocenters. The monoisotopic (exact) mass is 195 g/mol. The Morgan fingerprint density at radius 1 is 1.50 bits per heavy atom. The van der Waals surface area contributed by atoms with Crippen LogP contribution in [0.25, 0.3) is 0 Å². The number of nitrogen functional groups attached to an aromatic ring is 1. The van der Waals surface area contributed by atoms with Crippen LogP contribution < -0.4 is 11.1 Å². The van der Waals surface area contributed by atoms with E-state index >= 15 is 0 Å². The number of aromatic amines is 1. The maximum atomic E-state index is 5.45. The van der Waals surface area contributed by atoms with Crippen molar-refractivity contribution in [3.63, 3.8) is 0 Å². The summed E-state index contributed by atoms with van der Waals surface area (Å²) in [6, 6.07) is 0.477. The molecular weight excluding hydrogens is 178 g/mol. The van der Waals surface area contributed by atoms with Gasteiger partial charge in [-0.3, -0.25) is 0 Å². The fourth-order valence-electron chi connectivity index (χ4n) is 1.77. The summed E-state index contributed by atoms with van der Waals surface area (Å²) in [5, 5.41) is 9.93. The second kappa shape index (κ2) is 3.48. The standard InChI is InChI=1S/C9H17N5/c1-5(2)7(6-3-4-6)11-9-12-8(10)13-14-9/h5-7H,3-4H2,1-2H3,(H4,10,11,12,13,14). The minimum absolute atomic E-state index is 0.366. The number of nitrogens with two attached hydrogens (primary N) is 1. The summed E-state index contributed by atoms with van der Waals surface area (Å²) < 4.78 is 0. The predicted molar refractivity (Wildman–Crippen MR) is 55.8 cm³/mol. The molecule has 0 radical (unpaired) electrons. The van der Waals surface area contributed by atoms with Gasteiger partial charge in [-0.05, 0) is 24.7 Å². The van der Waals surface area contributed by atoms with Crippen molar-refractivity contribution in [3.8, 4) is 0 Å². The molecule has 0 aromatic carbocycles. The molecule has 1 aliphatic rings. The van der Waals surface area contributed by atoms with E-state index in [1.165, 1.54) is 12.8 Å². The molecule has 5 heteroatoms. The summed E-state index contributed by atoms with van der Waals surface area (Å²) >= 11 is 0. The normalized spacial score (nSPS) is 18.5. The average Bonchev–Trinajstić information content (AvgIpc) is 2.86. The Morgan fingerprint density at radius 2 is 2.21 bits per heavy atom. The molecule has 0 aliphatic heterocycles. The summed E-state index contributed by atoms with van der Waals surface area (Å²) in [4.78, 5) is 4.04. The number of aromatic nitrogens is 3. The molecule has 1 fully saturated rings. The molecule has 4 N–H and O–H groups in total. The van der Waals surface area contributed by atoms with Crippen molar-refractivity contribution in [2.45, 2.75) is 32.7 Å². The fourth-order valence-corrected chi connectivity index (χ4v) is 1.77. The van der Waals surface area contributed by atoms with Gasteiger partial charge in [-0.2, -0.15) is 4.98 Å². The zero-order chi connectivity index (χ0) is 10.1. The third-order valence-corrected chi connectivity index (χ3v) is 2.65. The number of rotatable bonds is 4. The highest BCUT2D eigenvalue weighted by molar-refractivity contribution is 5.31. The summed E-state index contributed by atoms with van der Waals surface area (Å²) in [6.45, 7) is 4.43. The van der Waals surface area contributed by atoms with Crippen LogP contribution in [0.4, 0.5) is 11.9 Å². The predicted octanol–water partition coefficient (Wildman–Crippen LogP) is 1.23. The van der Waals surface area contributed by atoms with E-state index in [1.807, 2.05) is 0 Å². The van der Waals surface area contributed by atoms with Crippen LogP contribution in [0.1, 0.15) is 26.7 Å². The highest BCUT2D eigenvalue weighted by atomic mass is 15.3. The first kappa shape index (κ1) is 9.30. The molecule has 2 rings (SSSR count). The van der Waals surface area contributed by atoms with Crippen molar-refractivity contribution in [3.05, 3.63) is 0 Å². The van der Waals surface area contributed by atoms with Gasteiger partial charge in [0.1, 0.15) is 0 Å². The van der Waals surface area contributed by atoms with E-state index < -0.39 is 0 Å². The van der Waals surface area contributed by atoms with Crippen molar-refractivity contribution in [2.24, 2.45) is 11.8 Å². The molecule has 1 heterocycles. The first-order valence-corrected chi connectivity index (χ1v) is 5.11. The van der Waals surface area contributed by atoms with Gasteiger partial charge >= 0.3 is 0 Å². The molecule has 1 aliphatic carbocycles. The minimum Gasteiger partial charge on any atom is -0.368 e. The Balaban J connectivity index is 1.99.